The highest BCUT2D eigenvalue weighted by Gasteiger charge is 2.13. The number of alkyl halides is 1. The van der Waals surface area contributed by atoms with Crippen molar-refractivity contribution in [2.45, 2.75) is 17.2 Å². The van der Waals surface area contributed by atoms with Crippen molar-refractivity contribution in [3.05, 3.63) is 69.8 Å². The zero-order chi connectivity index (χ0) is 14.5. The molecule has 1 unspecified atom stereocenters. The molecule has 0 N–H and O–H groups in total. The van der Waals surface area contributed by atoms with Crippen LogP contribution in [0.4, 0.5) is 5.69 Å². The third-order valence-electron chi connectivity index (χ3n) is 2.86. The second kappa shape index (κ2) is 6.77. The Labute approximate surface area is 127 Å². The summed E-state index contributed by atoms with van der Waals surface area (Å²) in [7, 11) is 0. The van der Waals surface area contributed by atoms with Crippen molar-refractivity contribution >= 4 is 29.1 Å². The summed E-state index contributed by atoms with van der Waals surface area (Å²) >= 11 is 7.97. The maximum absolute atomic E-state index is 10.7. The van der Waals surface area contributed by atoms with Gasteiger partial charge in [-0.05, 0) is 24.6 Å². The van der Waals surface area contributed by atoms with Crippen LogP contribution in [-0.2, 0) is 0 Å². The molecule has 0 amide bonds. The number of non-ortho nitro benzene ring substituents is 1. The molecule has 0 heterocycles. The van der Waals surface area contributed by atoms with Crippen molar-refractivity contribution in [3.63, 3.8) is 0 Å². The van der Waals surface area contributed by atoms with E-state index in [-0.39, 0.29) is 11.1 Å². The van der Waals surface area contributed by atoms with Crippen LogP contribution in [0.2, 0.25) is 0 Å². The molecule has 1 atom stereocenters. The van der Waals surface area contributed by atoms with Crippen LogP contribution in [0.15, 0.2) is 53.4 Å². The molecule has 0 fully saturated rings. The zero-order valence-electron chi connectivity index (χ0n) is 11.0. The molecular formula is C15H14ClNO2S. The summed E-state index contributed by atoms with van der Waals surface area (Å²) in [5.74, 6) is 0.672. The van der Waals surface area contributed by atoms with Gasteiger partial charge in [0.2, 0.25) is 0 Å². The van der Waals surface area contributed by atoms with Gasteiger partial charge in [-0.25, -0.2) is 0 Å². The number of nitro benzene ring substituents is 1. The largest absolute Gasteiger partial charge is 0.269 e. The van der Waals surface area contributed by atoms with Crippen LogP contribution in [0.5, 0.6) is 0 Å². The fourth-order valence-electron chi connectivity index (χ4n) is 1.73. The van der Waals surface area contributed by atoms with Gasteiger partial charge >= 0.3 is 0 Å². The summed E-state index contributed by atoms with van der Waals surface area (Å²) in [6.07, 6.45) is 0. The van der Waals surface area contributed by atoms with E-state index < -0.39 is 4.92 Å². The first-order chi connectivity index (χ1) is 9.56. The minimum absolute atomic E-state index is 0.0773. The lowest BCUT2D eigenvalue weighted by Gasteiger charge is -2.09. The fourth-order valence-corrected chi connectivity index (χ4v) is 2.92. The van der Waals surface area contributed by atoms with E-state index in [2.05, 4.69) is 24.3 Å². The van der Waals surface area contributed by atoms with Gasteiger partial charge in [0.25, 0.3) is 5.69 Å². The normalized spacial score (nSPS) is 12.1. The molecule has 0 aliphatic carbocycles. The lowest BCUT2D eigenvalue weighted by molar-refractivity contribution is -0.384. The van der Waals surface area contributed by atoms with E-state index in [4.69, 9.17) is 11.6 Å². The topological polar surface area (TPSA) is 43.1 Å². The number of thioether (sulfide) groups is 1. The Kier molecular flexibility index (Phi) is 5.04. The molecule has 0 bridgehead atoms. The van der Waals surface area contributed by atoms with Gasteiger partial charge < -0.3 is 0 Å². The first-order valence-corrected chi connectivity index (χ1v) is 7.56. The molecule has 2 rings (SSSR count). The number of nitrogens with zero attached hydrogens (tertiary/aromatic N) is 1. The molecule has 0 aliphatic rings. The highest BCUT2D eigenvalue weighted by atomic mass is 35.5. The molecule has 0 saturated heterocycles. The second-order valence-corrected chi connectivity index (χ2v) is 6.06. The van der Waals surface area contributed by atoms with Crippen LogP contribution < -0.4 is 0 Å². The number of hydrogen-bond donors (Lipinski definition) is 0. The summed E-state index contributed by atoms with van der Waals surface area (Å²) in [6.45, 7) is 2.04. The molecule has 104 valence electrons. The van der Waals surface area contributed by atoms with E-state index in [0.717, 1.165) is 10.5 Å². The maximum Gasteiger partial charge on any atom is 0.269 e. The Hall–Kier alpha value is -1.52. The summed E-state index contributed by atoms with van der Waals surface area (Å²) in [6, 6.07) is 14.7. The van der Waals surface area contributed by atoms with Gasteiger partial charge in [-0.2, -0.15) is 0 Å². The number of halogens is 1. The highest BCUT2D eigenvalue weighted by Crippen LogP contribution is 2.30. The van der Waals surface area contributed by atoms with Crippen LogP contribution in [0.3, 0.4) is 0 Å². The van der Waals surface area contributed by atoms with E-state index >= 15 is 0 Å². The van der Waals surface area contributed by atoms with Crippen LogP contribution in [0, 0.1) is 17.0 Å². The molecule has 5 heteroatoms. The average molecular weight is 308 g/mol. The van der Waals surface area contributed by atoms with Crippen LogP contribution >= 0.6 is 23.4 Å². The van der Waals surface area contributed by atoms with Crippen molar-refractivity contribution in [1.29, 1.82) is 0 Å². The standard InChI is InChI=1S/C15H14ClNO2S/c1-11-5-7-14(8-6-11)20-10-15(16)12-3-2-4-13(9-12)17(18)19/h2-9,15H,10H2,1H3. The Morgan fingerprint density at radius 2 is 1.95 bits per heavy atom. The molecule has 0 aromatic heterocycles. The predicted octanol–water partition coefficient (Wildman–Crippen LogP) is 4.98. The predicted molar refractivity (Wildman–Crippen MR) is 83.6 cm³/mol. The van der Waals surface area contributed by atoms with Crippen LogP contribution in [-0.4, -0.2) is 10.7 Å². The van der Waals surface area contributed by atoms with E-state index in [1.54, 1.807) is 17.8 Å². The molecular weight excluding hydrogens is 294 g/mol. The van der Waals surface area contributed by atoms with Gasteiger partial charge in [-0.15, -0.1) is 23.4 Å². The van der Waals surface area contributed by atoms with Crippen molar-refractivity contribution in [1.82, 2.24) is 0 Å². The van der Waals surface area contributed by atoms with Gasteiger partial charge in [-0.1, -0.05) is 29.8 Å². The van der Waals surface area contributed by atoms with Crippen molar-refractivity contribution in [3.8, 4) is 0 Å². The van der Waals surface area contributed by atoms with Crippen molar-refractivity contribution in [2.75, 3.05) is 5.75 Å². The number of benzene rings is 2. The number of hydrogen-bond acceptors (Lipinski definition) is 3. The van der Waals surface area contributed by atoms with Crippen LogP contribution in [0.1, 0.15) is 16.5 Å². The van der Waals surface area contributed by atoms with Gasteiger partial charge in [0.1, 0.15) is 0 Å². The molecule has 0 spiro atoms. The molecule has 0 radical (unpaired) electrons. The summed E-state index contributed by atoms with van der Waals surface area (Å²) in [4.78, 5) is 11.5. The first-order valence-electron chi connectivity index (χ1n) is 6.14. The Bertz CT molecular complexity index is 601. The lowest BCUT2D eigenvalue weighted by atomic mass is 10.1. The van der Waals surface area contributed by atoms with Crippen molar-refractivity contribution < 1.29 is 4.92 Å². The summed E-state index contributed by atoms with van der Waals surface area (Å²) in [5.41, 5.74) is 2.07. The smallest absolute Gasteiger partial charge is 0.258 e. The first kappa shape index (κ1) is 14.9. The Balaban J connectivity index is 2.01. The average Bonchev–Trinajstić information content (AvgIpc) is 2.46. The fraction of sp³-hybridized carbons (Fsp3) is 0.200. The van der Waals surface area contributed by atoms with Gasteiger partial charge in [0, 0.05) is 22.8 Å². The molecule has 2 aromatic rings. The number of rotatable bonds is 5. The molecule has 0 aliphatic heterocycles. The zero-order valence-corrected chi connectivity index (χ0v) is 12.5. The van der Waals surface area contributed by atoms with Crippen molar-refractivity contribution in [2.24, 2.45) is 0 Å². The van der Waals surface area contributed by atoms with Gasteiger partial charge in [0.15, 0.2) is 0 Å². The van der Waals surface area contributed by atoms with E-state index in [1.165, 1.54) is 17.7 Å². The van der Waals surface area contributed by atoms with E-state index in [1.807, 2.05) is 13.0 Å². The Morgan fingerprint density at radius 1 is 1.25 bits per heavy atom. The molecule has 0 saturated carbocycles. The monoisotopic (exact) mass is 307 g/mol. The molecule has 2 aromatic carbocycles. The quantitative estimate of drug-likeness (QED) is 0.339. The van der Waals surface area contributed by atoms with E-state index in [9.17, 15) is 10.1 Å². The minimum atomic E-state index is -0.403. The minimum Gasteiger partial charge on any atom is -0.258 e. The summed E-state index contributed by atoms with van der Waals surface area (Å²) in [5, 5.41) is 10.5. The molecule has 3 nitrogen and oxygen atoms in total. The van der Waals surface area contributed by atoms with Crippen LogP contribution in [0.25, 0.3) is 0 Å². The maximum atomic E-state index is 10.7. The van der Waals surface area contributed by atoms with Gasteiger partial charge in [-0.3, -0.25) is 10.1 Å². The third-order valence-corrected chi connectivity index (χ3v) is 4.55. The van der Waals surface area contributed by atoms with Gasteiger partial charge in [0.05, 0.1) is 10.3 Å². The SMILES string of the molecule is Cc1ccc(SCC(Cl)c2cccc([N+](=O)[O-])c2)cc1. The number of aryl methyl sites for hydroxylation is 1. The Morgan fingerprint density at radius 3 is 2.60 bits per heavy atom. The lowest BCUT2D eigenvalue weighted by Crippen LogP contribution is -1.96. The third kappa shape index (κ3) is 3.99. The summed E-state index contributed by atoms with van der Waals surface area (Å²) < 4.78 is 0. The molecule has 20 heavy (non-hydrogen) atoms. The van der Waals surface area contributed by atoms with E-state index in [0.29, 0.717) is 5.75 Å². The second-order valence-electron chi connectivity index (χ2n) is 4.44. The highest BCUT2D eigenvalue weighted by molar-refractivity contribution is 7.99. The number of nitro groups is 1.